The van der Waals surface area contributed by atoms with Crippen molar-refractivity contribution in [3.63, 3.8) is 0 Å². The Morgan fingerprint density at radius 1 is 1.21 bits per heavy atom. The summed E-state index contributed by atoms with van der Waals surface area (Å²) in [7, 11) is 0. The van der Waals surface area contributed by atoms with Gasteiger partial charge >= 0.3 is 0 Å². The second-order valence-electron chi connectivity index (χ2n) is 6.29. The molecule has 2 aliphatic heterocycles. The highest BCUT2D eigenvalue weighted by atomic mass is 16.5. The van der Waals surface area contributed by atoms with Crippen LogP contribution in [0, 0.1) is 0 Å². The van der Waals surface area contributed by atoms with Crippen molar-refractivity contribution in [3.8, 4) is 0 Å². The number of carbonyl (C=O) groups is 2. The van der Waals surface area contributed by atoms with E-state index in [1.165, 1.54) is 0 Å². The molecule has 130 valence electrons. The number of benzene rings is 1. The number of carbonyl (C=O) groups excluding carboxylic acids is 2. The van der Waals surface area contributed by atoms with Gasteiger partial charge in [0, 0.05) is 13.2 Å². The lowest BCUT2D eigenvalue weighted by Gasteiger charge is -2.34. The molecule has 1 N–H and O–H groups in total. The van der Waals surface area contributed by atoms with Gasteiger partial charge in [-0.05, 0) is 25.3 Å². The molecule has 6 nitrogen and oxygen atoms in total. The number of nitrogens with zero attached hydrogens (tertiary/aromatic N) is 1. The lowest BCUT2D eigenvalue weighted by Crippen LogP contribution is -2.52. The Morgan fingerprint density at radius 2 is 2.00 bits per heavy atom. The smallest absolute Gasteiger partial charge is 0.249 e. The summed E-state index contributed by atoms with van der Waals surface area (Å²) in [6, 6.07) is 9.32. The molecular weight excluding hydrogens is 308 g/mol. The Morgan fingerprint density at radius 3 is 2.71 bits per heavy atom. The average Bonchev–Trinajstić information content (AvgIpc) is 3.17. The van der Waals surface area contributed by atoms with Crippen LogP contribution < -0.4 is 5.32 Å². The van der Waals surface area contributed by atoms with Crippen LogP contribution in [0.3, 0.4) is 0 Å². The zero-order valence-electron chi connectivity index (χ0n) is 13.9. The Labute approximate surface area is 142 Å². The molecule has 0 spiro atoms. The molecule has 0 saturated carbocycles. The quantitative estimate of drug-likeness (QED) is 0.902. The van der Waals surface area contributed by atoms with Crippen molar-refractivity contribution in [1.82, 2.24) is 10.2 Å². The number of morpholine rings is 1. The van der Waals surface area contributed by atoms with E-state index in [1.807, 2.05) is 30.3 Å². The number of hydrogen-bond acceptors (Lipinski definition) is 4. The number of ether oxygens (including phenoxy) is 2. The third-order valence-corrected chi connectivity index (χ3v) is 4.50. The molecule has 1 aromatic rings. The van der Waals surface area contributed by atoms with Gasteiger partial charge < -0.3 is 19.7 Å². The molecule has 0 aliphatic carbocycles. The summed E-state index contributed by atoms with van der Waals surface area (Å²) < 4.78 is 11.1. The fourth-order valence-corrected chi connectivity index (χ4v) is 3.15. The molecular formula is C18H24N2O4. The third kappa shape index (κ3) is 3.94. The van der Waals surface area contributed by atoms with Gasteiger partial charge in [0.25, 0.3) is 0 Å². The molecule has 24 heavy (non-hydrogen) atoms. The van der Waals surface area contributed by atoms with Crippen molar-refractivity contribution in [2.75, 3.05) is 26.3 Å². The van der Waals surface area contributed by atoms with Crippen LogP contribution in [0.5, 0.6) is 0 Å². The van der Waals surface area contributed by atoms with Crippen molar-refractivity contribution >= 4 is 11.8 Å². The molecule has 0 aromatic heterocycles. The molecule has 2 fully saturated rings. The van der Waals surface area contributed by atoms with Crippen LogP contribution >= 0.6 is 0 Å². The SMILES string of the molecule is C[C@H](NC(=O)C1CCCO1)C(=O)N1CCOC(c2ccccc2)C1. The first-order chi connectivity index (χ1) is 11.6. The van der Waals surface area contributed by atoms with Gasteiger partial charge in [-0.25, -0.2) is 0 Å². The van der Waals surface area contributed by atoms with E-state index in [-0.39, 0.29) is 17.9 Å². The molecule has 0 radical (unpaired) electrons. The average molecular weight is 332 g/mol. The summed E-state index contributed by atoms with van der Waals surface area (Å²) in [5.74, 6) is -0.271. The minimum Gasteiger partial charge on any atom is -0.370 e. The first-order valence-electron chi connectivity index (χ1n) is 8.52. The van der Waals surface area contributed by atoms with Crippen LogP contribution in [0.25, 0.3) is 0 Å². The Hall–Kier alpha value is -1.92. The Kier molecular flexibility index (Phi) is 5.48. The summed E-state index contributed by atoms with van der Waals surface area (Å²) >= 11 is 0. The maximum absolute atomic E-state index is 12.6. The predicted octanol–water partition coefficient (Wildman–Crippen LogP) is 1.27. The zero-order chi connectivity index (χ0) is 16.9. The second kappa shape index (κ2) is 7.77. The standard InChI is InChI=1S/C18H24N2O4/c1-13(19-17(21)15-8-5-10-23-15)18(22)20-9-11-24-16(12-20)14-6-3-2-4-7-14/h2-4,6-7,13,15-16H,5,8-12H2,1H3,(H,19,21)/t13-,15?,16?/m0/s1. The van der Waals surface area contributed by atoms with Crippen molar-refractivity contribution < 1.29 is 19.1 Å². The van der Waals surface area contributed by atoms with E-state index >= 15 is 0 Å². The van der Waals surface area contributed by atoms with Crippen LogP contribution in [-0.4, -0.2) is 55.2 Å². The maximum atomic E-state index is 12.6. The van der Waals surface area contributed by atoms with Gasteiger partial charge in [0.1, 0.15) is 18.2 Å². The van der Waals surface area contributed by atoms with E-state index in [9.17, 15) is 9.59 Å². The van der Waals surface area contributed by atoms with E-state index < -0.39 is 12.1 Å². The van der Waals surface area contributed by atoms with Crippen LogP contribution in [0.4, 0.5) is 0 Å². The largest absolute Gasteiger partial charge is 0.370 e. The maximum Gasteiger partial charge on any atom is 0.249 e. The molecule has 1 aromatic carbocycles. The number of nitrogens with one attached hydrogen (secondary N) is 1. The van der Waals surface area contributed by atoms with E-state index in [1.54, 1.807) is 11.8 Å². The second-order valence-corrected chi connectivity index (χ2v) is 6.29. The van der Waals surface area contributed by atoms with Crippen molar-refractivity contribution in [2.24, 2.45) is 0 Å². The minimum atomic E-state index is -0.559. The fourth-order valence-electron chi connectivity index (χ4n) is 3.15. The van der Waals surface area contributed by atoms with E-state index in [2.05, 4.69) is 5.32 Å². The minimum absolute atomic E-state index is 0.0782. The van der Waals surface area contributed by atoms with Gasteiger partial charge in [-0.15, -0.1) is 0 Å². The first-order valence-corrected chi connectivity index (χ1v) is 8.52. The summed E-state index contributed by atoms with van der Waals surface area (Å²) in [5.41, 5.74) is 1.06. The number of amides is 2. The van der Waals surface area contributed by atoms with Crippen LogP contribution in [0.1, 0.15) is 31.4 Å². The van der Waals surface area contributed by atoms with Crippen LogP contribution in [0.2, 0.25) is 0 Å². The summed E-state index contributed by atoms with van der Waals surface area (Å²) in [5, 5.41) is 2.78. The normalized spacial score (nSPS) is 25.3. The lowest BCUT2D eigenvalue weighted by molar-refractivity contribution is -0.144. The van der Waals surface area contributed by atoms with Crippen molar-refractivity contribution in [1.29, 1.82) is 0 Å². The topological polar surface area (TPSA) is 67.9 Å². The molecule has 2 saturated heterocycles. The molecule has 6 heteroatoms. The Balaban J connectivity index is 1.56. The molecule has 3 rings (SSSR count). The van der Waals surface area contributed by atoms with Crippen LogP contribution in [0.15, 0.2) is 30.3 Å². The van der Waals surface area contributed by atoms with Crippen molar-refractivity contribution in [2.45, 2.75) is 38.0 Å². The summed E-state index contributed by atoms with van der Waals surface area (Å²) in [4.78, 5) is 26.5. The van der Waals surface area contributed by atoms with Gasteiger partial charge in [0.2, 0.25) is 11.8 Å². The van der Waals surface area contributed by atoms with Gasteiger partial charge in [-0.3, -0.25) is 9.59 Å². The van der Waals surface area contributed by atoms with Gasteiger partial charge in [0.05, 0.1) is 13.2 Å². The fraction of sp³-hybridized carbons (Fsp3) is 0.556. The third-order valence-electron chi connectivity index (χ3n) is 4.50. The van der Waals surface area contributed by atoms with E-state index in [0.717, 1.165) is 18.4 Å². The molecule has 3 atom stereocenters. The zero-order valence-corrected chi connectivity index (χ0v) is 13.9. The highest BCUT2D eigenvalue weighted by Gasteiger charge is 2.31. The lowest BCUT2D eigenvalue weighted by atomic mass is 10.1. The van der Waals surface area contributed by atoms with Gasteiger partial charge in [-0.1, -0.05) is 30.3 Å². The highest BCUT2D eigenvalue weighted by molar-refractivity contribution is 5.89. The summed E-state index contributed by atoms with van der Waals surface area (Å²) in [6.45, 7) is 3.88. The number of rotatable bonds is 4. The van der Waals surface area contributed by atoms with Crippen molar-refractivity contribution in [3.05, 3.63) is 35.9 Å². The summed E-state index contributed by atoms with van der Waals surface area (Å²) in [6.07, 6.45) is 1.08. The predicted molar refractivity (Wildman–Crippen MR) is 88.3 cm³/mol. The monoisotopic (exact) mass is 332 g/mol. The van der Waals surface area contributed by atoms with E-state index in [0.29, 0.717) is 26.3 Å². The number of hydrogen-bond donors (Lipinski definition) is 1. The molecule has 2 amide bonds. The molecule has 2 unspecified atom stereocenters. The first kappa shape index (κ1) is 16.9. The van der Waals surface area contributed by atoms with Gasteiger partial charge in [-0.2, -0.15) is 0 Å². The molecule has 2 aliphatic rings. The van der Waals surface area contributed by atoms with E-state index in [4.69, 9.17) is 9.47 Å². The molecule has 0 bridgehead atoms. The molecule has 2 heterocycles. The Bertz CT molecular complexity index is 572. The van der Waals surface area contributed by atoms with Gasteiger partial charge in [0.15, 0.2) is 0 Å². The van der Waals surface area contributed by atoms with Crippen LogP contribution in [-0.2, 0) is 19.1 Å². The highest BCUT2D eigenvalue weighted by Crippen LogP contribution is 2.22.